The summed E-state index contributed by atoms with van der Waals surface area (Å²) in [7, 11) is 0. The number of anilines is 2. The van der Waals surface area contributed by atoms with E-state index in [1.165, 1.54) is 6.92 Å². The number of carbonyl (C=O) groups is 3. The first kappa shape index (κ1) is 19.4. The third kappa shape index (κ3) is 5.53. The fourth-order valence-corrected chi connectivity index (χ4v) is 3.78. The van der Waals surface area contributed by atoms with Gasteiger partial charge in [-0.3, -0.25) is 19.3 Å². The second-order valence-corrected chi connectivity index (χ2v) is 7.39. The third-order valence-corrected chi connectivity index (χ3v) is 5.21. The van der Waals surface area contributed by atoms with Crippen LogP contribution in [0.2, 0.25) is 0 Å². The molecule has 2 aliphatic rings. The number of benzene rings is 1. The van der Waals surface area contributed by atoms with Gasteiger partial charge in [0.25, 0.3) is 0 Å². The summed E-state index contributed by atoms with van der Waals surface area (Å²) in [6.45, 7) is 5.15. The standard InChI is InChI=1S/C20H28N4O3/c1-15(25)21-17-4-6-18(7-5-17)22-19(26)14-23-12-8-16(9-13-23)20(27)24-10-2-3-11-24/h4-7,16H,2-3,8-14H2,1H3,(H,21,25)(H,22,26). The van der Waals surface area contributed by atoms with Gasteiger partial charge in [0.2, 0.25) is 17.7 Å². The summed E-state index contributed by atoms with van der Waals surface area (Å²) in [4.78, 5) is 39.9. The van der Waals surface area contributed by atoms with Gasteiger partial charge in [-0.1, -0.05) is 0 Å². The predicted octanol–water partition coefficient (Wildman–Crippen LogP) is 1.92. The average molecular weight is 372 g/mol. The second-order valence-electron chi connectivity index (χ2n) is 7.39. The molecule has 2 aliphatic heterocycles. The zero-order chi connectivity index (χ0) is 19.2. The van der Waals surface area contributed by atoms with Crippen LogP contribution in [0.1, 0.15) is 32.6 Å². The van der Waals surface area contributed by atoms with Gasteiger partial charge in [-0.05, 0) is 63.0 Å². The van der Waals surface area contributed by atoms with E-state index in [9.17, 15) is 14.4 Å². The lowest BCUT2D eigenvalue weighted by molar-refractivity contribution is -0.136. The van der Waals surface area contributed by atoms with Crippen molar-refractivity contribution in [1.82, 2.24) is 9.80 Å². The monoisotopic (exact) mass is 372 g/mol. The van der Waals surface area contributed by atoms with Crippen molar-refractivity contribution in [2.75, 3.05) is 43.4 Å². The maximum atomic E-state index is 12.5. The molecule has 0 aromatic heterocycles. The molecule has 1 aromatic carbocycles. The molecule has 27 heavy (non-hydrogen) atoms. The molecule has 3 rings (SSSR count). The first-order valence-corrected chi connectivity index (χ1v) is 9.70. The molecule has 7 nitrogen and oxygen atoms in total. The van der Waals surface area contributed by atoms with Gasteiger partial charge < -0.3 is 15.5 Å². The van der Waals surface area contributed by atoms with E-state index in [0.29, 0.717) is 23.8 Å². The Morgan fingerprint density at radius 3 is 2.04 bits per heavy atom. The minimum absolute atomic E-state index is 0.0633. The Hall–Kier alpha value is -2.41. The van der Waals surface area contributed by atoms with E-state index in [1.54, 1.807) is 24.3 Å². The van der Waals surface area contributed by atoms with E-state index in [4.69, 9.17) is 0 Å². The summed E-state index contributed by atoms with van der Waals surface area (Å²) in [6.07, 6.45) is 3.90. The number of carbonyl (C=O) groups excluding carboxylic acids is 3. The van der Waals surface area contributed by atoms with Crippen LogP contribution in [0.25, 0.3) is 0 Å². The molecule has 1 aromatic rings. The van der Waals surface area contributed by atoms with Crippen molar-refractivity contribution in [3.63, 3.8) is 0 Å². The average Bonchev–Trinajstić information content (AvgIpc) is 3.18. The molecule has 0 spiro atoms. The fourth-order valence-electron chi connectivity index (χ4n) is 3.78. The van der Waals surface area contributed by atoms with Crippen molar-refractivity contribution in [3.8, 4) is 0 Å². The topological polar surface area (TPSA) is 81.8 Å². The van der Waals surface area contributed by atoms with Crippen molar-refractivity contribution >= 4 is 29.1 Å². The van der Waals surface area contributed by atoms with Crippen molar-refractivity contribution in [3.05, 3.63) is 24.3 Å². The Morgan fingerprint density at radius 1 is 0.926 bits per heavy atom. The third-order valence-electron chi connectivity index (χ3n) is 5.21. The number of hydrogen-bond acceptors (Lipinski definition) is 4. The highest BCUT2D eigenvalue weighted by atomic mass is 16.2. The summed E-state index contributed by atoms with van der Waals surface area (Å²) in [5, 5.41) is 5.57. The lowest BCUT2D eigenvalue weighted by Crippen LogP contribution is -2.43. The van der Waals surface area contributed by atoms with Gasteiger partial charge in [-0.15, -0.1) is 0 Å². The smallest absolute Gasteiger partial charge is 0.238 e. The molecule has 3 amide bonds. The summed E-state index contributed by atoms with van der Waals surface area (Å²) < 4.78 is 0. The Balaban J connectivity index is 1.41. The van der Waals surface area contributed by atoms with Crippen molar-refractivity contribution in [2.24, 2.45) is 5.92 Å². The van der Waals surface area contributed by atoms with E-state index in [-0.39, 0.29) is 17.7 Å². The van der Waals surface area contributed by atoms with Crippen LogP contribution in [0, 0.1) is 5.92 Å². The van der Waals surface area contributed by atoms with Gasteiger partial charge in [0, 0.05) is 37.3 Å². The highest BCUT2D eigenvalue weighted by molar-refractivity contribution is 5.93. The lowest BCUT2D eigenvalue weighted by Gasteiger charge is -2.32. The fraction of sp³-hybridized carbons (Fsp3) is 0.550. The van der Waals surface area contributed by atoms with E-state index in [1.807, 2.05) is 4.90 Å². The summed E-state index contributed by atoms with van der Waals surface area (Å²) in [6, 6.07) is 7.05. The number of nitrogens with zero attached hydrogens (tertiary/aromatic N) is 2. The van der Waals surface area contributed by atoms with Crippen LogP contribution in [-0.2, 0) is 14.4 Å². The first-order chi connectivity index (χ1) is 13.0. The summed E-state index contributed by atoms with van der Waals surface area (Å²) in [5.41, 5.74) is 1.40. The molecule has 2 saturated heterocycles. The highest BCUT2D eigenvalue weighted by Crippen LogP contribution is 2.22. The van der Waals surface area contributed by atoms with Crippen LogP contribution < -0.4 is 10.6 Å². The van der Waals surface area contributed by atoms with Crippen molar-refractivity contribution in [1.29, 1.82) is 0 Å². The van der Waals surface area contributed by atoms with Gasteiger partial charge in [-0.2, -0.15) is 0 Å². The molecule has 0 atom stereocenters. The molecule has 2 fully saturated rings. The number of likely N-dealkylation sites (tertiary alicyclic amines) is 2. The van der Waals surface area contributed by atoms with Crippen LogP contribution in [0.15, 0.2) is 24.3 Å². The van der Waals surface area contributed by atoms with Crippen LogP contribution >= 0.6 is 0 Å². The Bertz CT molecular complexity index is 675. The van der Waals surface area contributed by atoms with Crippen molar-refractivity contribution < 1.29 is 14.4 Å². The minimum atomic E-state index is -0.126. The number of amides is 3. The number of piperidine rings is 1. The summed E-state index contributed by atoms with van der Waals surface area (Å²) in [5.74, 6) is 0.226. The molecule has 0 aliphatic carbocycles. The molecule has 7 heteroatoms. The Kier molecular flexibility index (Phi) is 6.45. The minimum Gasteiger partial charge on any atom is -0.342 e. The van der Waals surface area contributed by atoms with E-state index in [2.05, 4.69) is 15.5 Å². The normalized spacial score (nSPS) is 18.3. The Morgan fingerprint density at radius 2 is 1.48 bits per heavy atom. The quantitative estimate of drug-likeness (QED) is 0.827. The number of hydrogen-bond donors (Lipinski definition) is 2. The number of rotatable bonds is 5. The maximum Gasteiger partial charge on any atom is 0.238 e. The van der Waals surface area contributed by atoms with Crippen LogP contribution in [0.4, 0.5) is 11.4 Å². The molecule has 2 N–H and O–H groups in total. The van der Waals surface area contributed by atoms with E-state index >= 15 is 0 Å². The van der Waals surface area contributed by atoms with Gasteiger partial charge in [0.05, 0.1) is 6.54 Å². The molecule has 0 saturated carbocycles. The van der Waals surface area contributed by atoms with Gasteiger partial charge in [0.1, 0.15) is 0 Å². The highest BCUT2D eigenvalue weighted by Gasteiger charge is 2.30. The van der Waals surface area contributed by atoms with Crippen LogP contribution in [0.5, 0.6) is 0 Å². The van der Waals surface area contributed by atoms with Gasteiger partial charge in [-0.25, -0.2) is 0 Å². The Labute approximate surface area is 160 Å². The SMILES string of the molecule is CC(=O)Nc1ccc(NC(=O)CN2CCC(C(=O)N3CCCC3)CC2)cc1. The van der Waals surface area contributed by atoms with E-state index in [0.717, 1.165) is 51.9 Å². The van der Waals surface area contributed by atoms with Gasteiger partial charge in [0.15, 0.2) is 0 Å². The number of nitrogens with one attached hydrogen (secondary N) is 2. The molecule has 0 unspecified atom stereocenters. The molecule has 0 bridgehead atoms. The van der Waals surface area contributed by atoms with E-state index < -0.39 is 0 Å². The summed E-state index contributed by atoms with van der Waals surface area (Å²) >= 11 is 0. The molecular formula is C20H28N4O3. The molecule has 146 valence electrons. The largest absolute Gasteiger partial charge is 0.342 e. The predicted molar refractivity (Wildman–Crippen MR) is 104 cm³/mol. The van der Waals surface area contributed by atoms with Crippen LogP contribution in [-0.4, -0.2) is 60.2 Å². The van der Waals surface area contributed by atoms with Gasteiger partial charge >= 0.3 is 0 Å². The second kappa shape index (κ2) is 8.99. The maximum absolute atomic E-state index is 12.5. The van der Waals surface area contributed by atoms with Crippen LogP contribution in [0.3, 0.4) is 0 Å². The zero-order valence-electron chi connectivity index (χ0n) is 15.9. The molecule has 0 radical (unpaired) electrons. The molecule has 2 heterocycles. The van der Waals surface area contributed by atoms with Crippen molar-refractivity contribution in [2.45, 2.75) is 32.6 Å². The zero-order valence-corrected chi connectivity index (χ0v) is 15.9. The first-order valence-electron chi connectivity index (χ1n) is 9.70. The lowest BCUT2D eigenvalue weighted by atomic mass is 9.95. The molecular weight excluding hydrogens is 344 g/mol.